The molecule has 1 aromatic carbocycles. The van der Waals surface area contributed by atoms with Crippen LogP contribution < -0.4 is 5.32 Å². The van der Waals surface area contributed by atoms with Crippen molar-refractivity contribution in [3.8, 4) is 0 Å². The molecule has 0 bridgehead atoms. The van der Waals surface area contributed by atoms with Crippen molar-refractivity contribution in [3.05, 3.63) is 34.1 Å². The number of hydrogen-bond donors (Lipinski definition) is 1. The highest BCUT2D eigenvalue weighted by Crippen LogP contribution is 2.19. The van der Waals surface area contributed by atoms with E-state index < -0.39 is 5.82 Å². The highest BCUT2D eigenvalue weighted by Gasteiger charge is 2.18. The van der Waals surface area contributed by atoms with Gasteiger partial charge in [0.25, 0.3) is 5.91 Å². The van der Waals surface area contributed by atoms with Crippen LogP contribution >= 0.6 is 27.7 Å². The first-order chi connectivity index (χ1) is 7.66. The summed E-state index contributed by atoms with van der Waals surface area (Å²) in [4.78, 5) is 11.8. The van der Waals surface area contributed by atoms with Crippen molar-refractivity contribution in [1.29, 1.82) is 0 Å². The molecule has 1 aliphatic heterocycles. The van der Waals surface area contributed by atoms with Crippen molar-refractivity contribution in [2.45, 2.75) is 12.5 Å². The minimum atomic E-state index is -0.409. The van der Waals surface area contributed by atoms with Gasteiger partial charge in [0.2, 0.25) is 0 Å². The Hall–Kier alpha value is -0.550. The van der Waals surface area contributed by atoms with Crippen molar-refractivity contribution < 1.29 is 9.18 Å². The van der Waals surface area contributed by atoms with E-state index in [4.69, 9.17) is 0 Å². The summed E-state index contributed by atoms with van der Waals surface area (Å²) >= 11 is 4.89. The number of amides is 1. The van der Waals surface area contributed by atoms with E-state index in [0.29, 0.717) is 10.0 Å². The Morgan fingerprint density at radius 3 is 3.00 bits per heavy atom. The third-order valence-electron chi connectivity index (χ3n) is 2.45. The van der Waals surface area contributed by atoms with Crippen LogP contribution in [0.5, 0.6) is 0 Å². The van der Waals surface area contributed by atoms with Crippen LogP contribution in [0.3, 0.4) is 0 Å². The third-order valence-corrected chi connectivity index (χ3v) is 4.25. The Bertz CT molecular complexity index is 407. The van der Waals surface area contributed by atoms with Gasteiger partial charge in [-0.25, -0.2) is 4.39 Å². The molecular formula is C11H11BrFNOS. The number of benzene rings is 1. The Kier molecular flexibility index (Phi) is 3.86. The molecule has 1 fully saturated rings. The smallest absolute Gasteiger partial charge is 0.251 e. The van der Waals surface area contributed by atoms with Crippen molar-refractivity contribution in [2.75, 3.05) is 11.5 Å². The first kappa shape index (κ1) is 11.9. The molecule has 1 saturated heterocycles. The van der Waals surface area contributed by atoms with Gasteiger partial charge < -0.3 is 5.32 Å². The third kappa shape index (κ3) is 2.77. The number of rotatable bonds is 2. The van der Waals surface area contributed by atoms with Gasteiger partial charge in [0.15, 0.2) is 0 Å². The highest BCUT2D eigenvalue weighted by atomic mass is 79.9. The SMILES string of the molecule is O=C(NC1CCSC1)c1ccc(Br)c(F)c1. The Morgan fingerprint density at radius 2 is 2.38 bits per heavy atom. The van der Waals surface area contributed by atoms with Crippen LogP contribution in [0.2, 0.25) is 0 Å². The minimum absolute atomic E-state index is 0.195. The zero-order valence-corrected chi connectivity index (χ0v) is 10.9. The Labute approximate surface area is 106 Å². The summed E-state index contributed by atoms with van der Waals surface area (Å²) in [7, 11) is 0. The normalized spacial score (nSPS) is 19.8. The van der Waals surface area contributed by atoms with Crippen LogP contribution in [0.25, 0.3) is 0 Å². The van der Waals surface area contributed by atoms with E-state index in [0.717, 1.165) is 17.9 Å². The van der Waals surface area contributed by atoms with Crippen LogP contribution in [-0.4, -0.2) is 23.5 Å². The summed E-state index contributed by atoms with van der Waals surface area (Å²) in [5, 5.41) is 2.90. The molecule has 1 N–H and O–H groups in total. The molecule has 1 atom stereocenters. The predicted molar refractivity (Wildman–Crippen MR) is 67.3 cm³/mol. The molecule has 86 valence electrons. The lowest BCUT2D eigenvalue weighted by molar-refractivity contribution is 0.0940. The molecule has 0 saturated carbocycles. The topological polar surface area (TPSA) is 29.1 Å². The number of hydrogen-bond acceptors (Lipinski definition) is 2. The second-order valence-corrected chi connectivity index (χ2v) is 5.67. The van der Waals surface area contributed by atoms with Crippen LogP contribution in [0.15, 0.2) is 22.7 Å². The van der Waals surface area contributed by atoms with Crippen LogP contribution in [0.1, 0.15) is 16.8 Å². The van der Waals surface area contributed by atoms with Crippen LogP contribution in [0, 0.1) is 5.82 Å². The van der Waals surface area contributed by atoms with Crippen molar-refractivity contribution in [2.24, 2.45) is 0 Å². The maximum absolute atomic E-state index is 13.2. The quantitative estimate of drug-likeness (QED) is 0.910. The van der Waals surface area contributed by atoms with Crippen molar-refractivity contribution in [1.82, 2.24) is 5.32 Å². The number of thioether (sulfide) groups is 1. The summed E-state index contributed by atoms with van der Waals surface area (Å²) in [6.07, 6.45) is 0.995. The molecule has 1 aromatic rings. The van der Waals surface area contributed by atoms with E-state index in [9.17, 15) is 9.18 Å². The van der Waals surface area contributed by atoms with Crippen molar-refractivity contribution in [3.63, 3.8) is 0 Å². The van der Waals surface area contributed by atoms with Gasteiger partial charge in [0.05, 0.1) is 4.47 Å². The van der Waals surface area contributed by atoms with E-state index in [-0.39, 0.29) is 11.9 Å². The van der Waals surface area contributed by atoms with E-state index in [1.165, 1.54) is 6.07 Å². The van der Waals surface area contributed by atoms with E-state index >= 15 is 0 Å². The molecule has 2 rings (SSSR count). The molecular weight excluding hydrogens is 293 g/mol. The van der Waals surface area contributed by atoms with Gasteiger partial charge in [-0.1, -0.05) is 0 Å². The van der Waals surface area contributed by atoms with E-state index in [1.54, 1.807) is 12.1 Å². The molecule has 1 unspecified atom stereocenters. The fraction of sp³-hybridized carbons (Fsp3) is 0.364. The van der Waals surface area contributed by atoms with Gasteiger partial charge in [-0.3, -0.25) is 4.79 Å². The zero-order valence-electron chi connectivity index (χ0n) is 8.50. The van der Waals surface area contributed by atoms with Gasteiger partial charge in [-0.05, 0) is 46.3 Å². The first-order valence-corrected chi connectivity index (χ1v) is 6.95. The van der Waals surface area contributed by atoms with Gasteiger partial charge in [0.1, 0.15) is 5.82 Å². The lowest BCUT2D eigenvalue weighted by Gasteiger charge is -2.11. The minimum Gasteiger partial charge on any atom is -0.348 e. The molecule has 0 aliphatic carbocycles. The first-order valence-electron chi connectivity index (χ1n) is 5.00. The summed E-state index contributed by atoms with van der Waals surface area (Å²) in [5.74, 6) is 1.43. The fourth-order valence-corrected chi connectivity index (χ4v) is 2.95. The maximum Gasteiger partial charge on any atom is 0.251 e. The number of carbonyl (C=O) groups is 1. The van der Waals surface area contributed by atoms with Gasteiger partial charge in [-0.15, -0.1) is 0 Å². The summed E-state index contributed by atoms with van der Waals surface area (Å²) in [5.41, 5.74) is 0.373. The lowest BCUT2D eigenvalue weighted by atomic mass is 10.2. The number of carbonyl (C=O) groups excluding carboxylic acids is 1. The van der Waals surface area contributed by atoms with Crippen LogP contribution in [-0.2, 0) is 0 Å². The Balaban J connectivity index is 2.05. The zero-order chi connectivity index (χ0) is 11.5. The van der Waals surface area contributed by atoms with Gasteiger partial charge in [0, 0.05) is 17.4 Å². The molecule has 16 heavy (non-hydrogen) atoms. The van der Waals surface area contributed by atoms with E-state index in [1.807, 2.05) is 11.8 Å². The molecule has 0 aromatic heterocycles. The second kappa shape index (κ2) is 5.19. The van der Waals surface area contributed by atoms with Gasteiger partial charge in [-0.2, -0.15) is 11.8 Å². The number of halogens is 2. The van der Waals surface area contributed by atoms with Crippen LogP contribution in [0.4, 0.5) is 4.39 Å². The lowest BCUT2D eigenvalue weighted by Crippen LogP contribution is -2.34. The Morgan fingerprint density at radius 1 is 1.56 bits per heavy atom. The average Bonchev–Trinajstić information content (AvgIpc) is 2.74. The molecule has 1 heterocycles. The summed E-state index contributed by atoms with van der Waals surface area (Å²) in [6, 6.07) is 4.64. The summed E-state index contributed by atoms with van der Waals surface area (Å²) < 4.78 is 13.6. The standard InChI is InChI=1S/C11H11BrFNOS/c12-9-2-1-7(5-10(9)13)11(15)14-8-3-4-16-6-8/h1-2,5,8H,3-4,6H2,(H,14,15). The fourth-order valence-electron chi connectivity index (χ4n) is 1.55. The maximum atomic E-state index is 13.2. The monoisotopic (exact) mass is 303 g/mol. The molecule has 1 aliphatic rings. The average molecular weight is 304 g/mol. The molecule has 0 radical (unpaired) electrons. The molecule has 0 spiro atoms. The molecule has 1 amide bonds. The largest absolute Gasteiger partial charge is 0.348 e. The number of nitrogens with one attached hydrogen (secondary N) is 1. The molecule has 2 nitrogen and oxygen atoms in total. The summed E-state index contributed by atoms with van der Waals surface area (Å²) in [6.45, 7) is 0. The second-order valence-electron chi connectivity index (χ2n) is 3.66. The van der Waals surface area contributed by atoms with Crippen molar-refractivity contribution >= 4 is 33.6 Å². The highest BCUT2D eigenvalue weighted by molar-refractivity contribution is 9.10. The predicted octanol–water partition coefficient (Wildman–Crippen LogP) is 2.82. The van der Waals surface area contributed by atoms with Gasteiger partial charge >= 0.3 is 0 Å². The van der Waals surface area contributed by atoms with E-state index in [2.05, 4.69) is 21.2 Å². The molecule has 5 heteroatoms.